The number of pyridine rings is 1. The fourth-order valence-electron chi connectivity index (χ4n) is 4.01. The molecule has 1 atom stereocenters. The van der Waals surface area contributed by atoms with Gasteiger partial charge in [0.05, 0.1) is 19.9 Å². The summed E-state index contributed by atoms with van der Waals surface area (Å²) in [5, 5.41) is 0. The van der Waals surface area contributed by atoms with Gasteiger partial charge in [0.1, 0.15) is 5.65 Å². The number of benzene rings is 1. The van der Waals surface area contributed by atoms with E-state index in [0.29, 0.717) is 6.54 Å². The molecule has 0 amide bonds. The monoisotopic (exact) mass is 379 g/mol. The lowest BCUT2D eigenvalue weighted by atomic mass is 9.92. The summed E-state index contributed by atoms with van der Waals surface area (Å²) in [6.45, 7) is 5.70. The van der Waals surface area contributed by atoms with Gasteiger partial charge in [0, 0.05) is 31.4 Å². The van der Waals surface area contributed by atoms with Gasteiger partial charge in [-0.05, 0) is 55.2 Å². The molecule has 0 radical (unpaired) electrons. The first-order valence-corrected chi connectivity index (χ1v) is 9.48. The van der Waals surface area contributed by atoms with Crippen molar-refractivity contribution in [1.29, 1.82) is 0 Å². The number of hydrogen-bond acceptors (Lipinski definition) is 5. The molecule has 4 rings (SSSR count). The standard InChI is InChI=1S/C22H25N3O3/c1-14-6-5-8-25-21(26)11-17(23-22(14)25)13-24-9-7-16-10-19(27-3)20(28-4)12-18(16)15(24)2/h5-6,8,10-12,15H,7,9,13H2,1-4H3. The van der Waals surface area contributed by atoms with Gasteiger partial charge in [-0.15, -0.1) is 0 Å². The molecule has 0 aliphatic carbocycles. The van der Waals surface area contributed by atoms with Crippen molar-refractivity contribution in [2.45, 2.75) is 32.9 Å². The number of ether oxygens (including phenoxy) is 2. The maximum atomic E-state index is 12.5. The number of nitrogens with zero attached hydrogens (tertiary/aromatic N) is 3. The van der Waals surface area contributed by atoms with Gasteiger partial charge in [0.15, 0.2) is 11.5 Å². The molecular weight excluding hydrogens is 354 g/mol. The Labute approximate surface area is 164 Å². The van der Waals surface area contributed by atoms with E-state index < -0.39 is 0 Å². The summed E-state index contributed by atoms with van der Waals surface area (Å²) >= 11 is 0. The van der Waals surface area contributed by atoms with E-state index in [2.05, 4.69) is 24.0 Å². The third-order valence-electron chi connectivity index (χ3n) is 5.62. The van der Waals surface area contributed by atoms with Gasteiger partial charge >= 0.3 is 0 Å². The van der Waals surface area contributed by atoms with Crippen LogP contribution in [0.2, 0.25) is 0 Å². The van der Waals surface area contributed by atoms with Crippen LogP contribution >= 0.6 is 0 Å². The highest BCUT2D eigenvalue weighted by Crippen LogP contribution is 2.38. The molecule has 1 unspecified atom stereocenters. The molecule has 0 spiro atoms. The van der Waals surface area contributed by atoms with Crippen LogP contribution < -0.4 is 15.0 Å². The molecule has 3 aromatic rings. The van der Waals surface area contributed by atoms with E-state index in [4.69, 9.17) is 14.5 Å². The van der Waals surface area contributed by atoms with Gasteiger partial charge in [0.25, 0.3) is 5.56 Å². The van der Waals surface area contributed by atoms with E-state index >= 15 is 0 Å². The zero-order valence-corrected chi connectivity index (χ0v) is 16.7. The zero-order valence-electron chi connectivity index (χ0n) is 16.7. The fraction of sp³-hybridized carbons (Fsp3) is 0.364. The first-order valence-electron chi connectivity index (χ1n) is 9.48. The van der Waals surface area contributed by atoms with Crippen molar-refractivity contribution in [2.75, 3.05) is 20.8 Å². The molecule has 1 aliphatic heterocycles. The minimum Gasteiger partial charge on any atom is -0.493 e. The summed E-state index contributed by atoms with van der Waals surface area (Å²) in [4.78, 5) is 19.6. The molecule has 28 heavy (non-hydrogen) atoms. The highest BCUT2D eigenvalue weighted by molar-refractivity contribution is 5.49. The summed E-state index contributed by atoms with van der Waals surface area (Å²) in [7, 11) is 3.32. The normalized spacial score (nSPS) is 16.8. The van der Waals surface area contributed by atoms with Gasteiger partial charge in [-0.3, -0.25) is 14.1 Å². The molecule has 2 aromatic heterocycles. The van der Waals surface area contributed by atoms with Crippen molar-refractivity contribution >= 4 is 5.65 Å². The molecule has 0 saturated heterocycles. The fourth-order valence-corrected chi connectivity index (χ4v) is 4.01. The number of rotatable bonds is 4. The maximum Gasteiger partial charge on any atom is 0.258 e. The summed E-state index contributed by atoms with van der Waals surface area (Å²) < 4.78 is 12.5. The second-order valence-corrected chi connectivity index (χ2v) is 7.27. The lowest BCUT2D eigenvalue weighted by Gasteiger charge is -2.35. The van der Waals surface area contributed by atoms with Crippen molar-refractivity contribution < 1.29 is 9.47 Å². The quantitative estimate of drug-likeness (QED) is 0.697. The summed E-state index contributed by atoms with van der Waals surface area (Å²) in [6.07, 6.45) is 2.69. The van der Waals surface area contributed by atoms with Gasteiger partial charge in [0.2, 0.25) is 0 Å². The Morgan fingerprint density at radius 2 is 1.93 bits per heavy atom. The van der Waals surface area contributed by atoms with E-state index in [1.54, 1.807) is 30.9 Å². The Kier molecular flexibility index (Phi) is 4.81. The van der Waals surface area contributed by atoms with Crippen LogP contribution in [0.1, 0.15) is 35.3 Å². The molecular formula is C22H25N3O3. The van der Waals surface area contributed by atoms with E-state index in [1.807, 2.05) is 19.1 Å². The predicted molar refractivity (Wildman–Crippen MR) is 108 cm³/mol. The Morgan fingerprint density at radius 3 is 2.68 bits per heavy atom. The van der Waals surface area contributed by atoms with Crippen molar-refractivity contribution in [3.63, 3.8) is 0 Å². The van der Waals surface area contributed by atoms with E-state index in [9.17, 15) is 4.79 Å². The Hall–Kier alpha value is -2.86. The van der Waals surface area contributed by atoms with Crippen LogP contribution in [0.15, 0.2) is 41.3 Å². The Morgan fingerprint density at radius 1 is 1.18 bits per heavy atom. The third kappa shape index (κ3) is 3.14. The van der Waals surface area contributed by atoms with Crippen LogP contribution in [0.4, 0.5) is 0 Å². The minimum absolute atomic E-state index is 0.0415. The van der Waals surface area contributed by atoms with Crippen molar-refractivity contribution in [1.82, 2.24) is 14.3 Å². The molecule has 6 heteroatoms. The Bertz CT molecular complexity index is 1090. The van der Waals surface area contributed by atoms with Crippen LogP contribution in [0.25, 0.3) is 5.65 Å². The van der Waals surface area contributed by atoms with Gasteiger partial charge in [-0.25, -0.2) is 4.98 Å². The second-order valence-electron chi connectivity index (χ2n) is 7.27. The van der Waals surface area contributed by atoms with Crippen molar-refractivity contribution in [2.24, 2.45) is 0 Å². The van der Waals surface area contributed by atoms with Crippen LogP contribution in [0.5, 0.6) is 11.5 Å². The van der Waals surface area contributed by atoms with Gasteiger partial charge in [-0.1, -0.05) is 6.07 Å². The van der Waals surface area contributed by atoms with Crippen molar-refractivity contribution in [3.05, 3.63) is 69.3 Å². The SMILES string of the molecule is COc1cc2c(cc1OC)C(C)N(Cc1cc(=O)n3cccc(C)c3n1)CC2. The molecule has 1 aliphatic rings. The summed E-state index contributed by atoms with van der Waals surface area (Å²) in [5.74, 6) is 1.51. The average molecular weight is 379 g/mol. The second kappa shape index (κ2) is 7.28. The highest BCUT2D eigenvalue weighted by Gasteiger charge is 2.26. The molecule has 0 N–H and O–H groups in total. The predicted octanol–water partition coefficient (Wildman–Crippen LogP) is 3.14. The van der Waals surface area contributed by atoms with Crippen molar-refractivity contribution in [3.8, 4) is 11.5 Å². The van der Waals surface area contributed by atoms with Gasteiger partial charge < -0.3 is 9.47 Å². The molecule has 0 fully saturated rings. The van der Waals surface area contributed by atoms with Crippen LogP contribution in [-0.2, 0) is 13.0 Å². The Balaban J connectivity index is 1.66. The van der Waals surface area contributed by atoms with Crippen LogP contribution in [0, 0.1) is 6.92 Å². The van der Waals surface area contributed by atoms with Gasteiger partial charge in [-0.2, -0.15) is 0 Å². The summed E-state index contributed by atoms with van der Waals surface area (Å²) in [5.41, 5.74) is 4.99. The number of methoxy groups -OCH3 is 2. The topological polar surface area (TPSA) is 56.1 Å². The number of fused-ring (bicyclic) bond motifs is 2. The molecule has 0 saturated carbocycles. The zero-order chi connectivity index (χ0) is 19.8. The molecule has 0 bridgehead atoms. The smallest absolute Gasteiger partial charge is 0.258 e. The molecule has 1 aromatic carbocycles. The molecule has 3 heterocycles. The average Bonchev–Trinajstić information content (AvgIpc) is 2.70. The van der Waals surface area contributed by atoms with Crippen LogP contribution in [-0.4, -0.2) is 35.0 Å². The minimum atomic E-state index is -0.0415. The number of hydrogen-bond donors (Lipinski definition) is 0. The number of aryl methyl sites for hydroxylation is 1. The lowest BCUT2D eigenvalue weighted by Crippen LogP contribution is -2.34. The largest absolute Gasteiger partial charge is 0.493 e. The first kappa shape index (κ1) is 18.5. The molecule has 6 nitrogen and oxygen atoms in total. The highest BCUT2D eigenvalue weighted by atomic mass is 16.5. The van der Waals surface area contributed by atoms with E-state index in [0.717, 1.165) is 41.4 Å². The van der Waals surface area contributed by atoms with Crippen LogP contribution in [0.3, 0.4) is 0 Å². The third-order valence-corrected chi connectivity index (χ3v) is 5.62. The molecule has 146 valence electrons. The number of aromatic nitrogens is 2. The first-order chi connectivity index (χ1) is 13.5. The summed E-state index contributed by atoms with van der Waals surface area (Å²) in [6, 6.07) is 9.83. The van der Waals surface area contributed by atoms with E-state index in [-0.39, 0.29) is 11.6 Å². The maximum absolute atomic E-state index is 12.5. The van der Waals surface area contributed by atoms with E-state index in [1.165, 1.54) is 11.1 Å². The lowest BCUT2D eigenvalue weighted by molar-refractivity contribution is 0.186.